The molecule has 0 heterocycles. The van der Waals surface area contributed by atoms with Gasteiger partial charge in [-0.15, -0.1) is 0 Å². The summed E-state index contributed by atoms with van der Waals surface area (Å²) >= 11 is 42.2. The fourth-order valence-electron chi connectivity index (χ4n) is 2.15. The van der Waals surface area contributed by atoms with E-state index in [4.69, 9.17) is 75.0 Å². The number of halogens is 7. The van der Waals surface area contributed by atoms with Gasteiger partial charge in [-0.1, -0.05) is 58.0 Å². The summed E-state index contributed by atoms with van der Waals surface area (Å²) in [5.41, 5.74) is 0.755. The van der Waals surface area contributed by atoms with Crippen LogP contribution in [0.1, 0.15) is 10.4 Å². The van der Waals surface area contributed by atoms with Crippen LogP contribution in [-0.4, -0.2) is 28.1 Å². The molecule has 3 N–H and O–H groups in total. The number of amides is 1. The molecule has 0 saturated carbocycles. The molecule has 2 rings (SSSR count). The monoisotopic (exact) mass is 655 g/mol. The van der Waals surface area contributed by atoms with Gasteiger partial charge < -0.3 is 20.7 Å². The molecule has 0 saturated heterocycles. The number of hydrogen-bond acceptors (Lipinski definition) is 3. The molecule has 2 aromatic carbocycles. The van der Waals surface area contributed by atoms with E-state index in [1.807, 2.05) is 0 Å². The summed E-state index contributed by atoms with van der Waals surface area (Å²) in [7, 11) is 1.55. The quantitative estimate of drug-likeness (QED) is 0.185. The second-order valence-electron chi connectivity index (χ2n) is 5.64. The summed E-state index contributed by atoms with van der Waals surface area (Å²) in [6.07, 6.45) is -1.18. The predicted molar refractivity (Wildman–Crippen MR) is 136 cm³/mol. The Balaban J connectivity index is 2.17. The first-order chi connectivity index (χ1) is 13.9. The lowest BCUT2D eigenvalue weighted by atomic mass is 10.2. The van der Waals surface area contributed by atoms with Gasteiger partial charge in [0.25, 0.3) is 5.91 Å². The van der Waals surface area contributed by atoms with E-state index in [9.17, 15) is 4.79 Å². The van der Waals surface area contributed by atoms with Crippen LogP contribution in [0.4, 0.5) is 5.69 Å². The first kappa shape index (κ1) is 26.1. The van der Waals surface area contributed by atoms with Crippen LogP contribution in [0.2, 0.25) is 10.0 Å². The van der Waals surface area contributed by atoms with Gasteiger partial charge in [0, 0.05) is 14.0 Å². The van der Waals surface area contributed by atoms with Gasteiger partial charge in [-0.25, -0.2) is 0 Å². The topological polar surface area (TPSA) is 62.4 Å². The third-order valence-corrected chi connectivity index (χ3v) is 6.22. The fourth-order valence-corrected chi connectivity index (χ4v) is 4.53. The molecular formula is C17H12Br2Cl5N3O2S. The lowest BCUT2D eigenvalue weighted by molar-refractivity contribution is 0.0934. The van der Waals surface area contributed by atoms with Crippen molar-refractivity contribution in [3.8, 4) is 5.75 Å². The molecule has 5 nitrogen and oxygen atoms in total. The van der Waals surface area contributed by atoms with Crippen LogP contribution in [0.3, 0.4) is 0 Å². The Morgan fingerprint density at radius 1 is 1.10 bits per heavy atom. The normalized spacial score (nSPS) is 12.1. The molecule has 30 heavy (non-hydrogen) atoms. The van der Waals surface area contributed by atoms with Gasteiger partial charge >= 0.3 is 0 Å². The van der Waals surface area contributed by atoms with Crippen molar-refractivity contribution in [2.24, 2.45) is 0 Å². The van der Waals surface area contributed by atoms with Gasteiger partial charge in [0.05, 0.1) is 23.4 Å². The van der Waals surface area contributed by atoms with E-state index in [1.165, 1.54) is 18.2 Å². The number of hydrogen-bond donors (Lipinski definition) is 3. The molecule has 0 aliphatic heterocycles. The summed E-state index contributed by atoms with van der Waals surface area (Å²) in [6.45, 7) is 0. The van der Waals surface area contributed by atoms with Crippen LogP contribution < -0.4 is 20.7 Å². The zero-order valence-electron chi connectivity index (χ0n) is 14.8. The van der Waals surface area contributed by atoms with Crippen molar-refractivity contribution in [3.05, 3.63) is 54.9 Å². The largest absolute Gasteiger partial charge is 0.497 e. The molecule has 162 valence electrons. The first-order valence-corrected chi connectivity index (χ1v) is 11.7. The van der Waals surface area contributed by atoms with Gasteiger partial charge in [-0.05, 0) is 74.4 Å². The molecule has 1 amide bonds. The maximum atomic E-state index is 12.6. The second kappa shape index (κ2) is 11.1. The van der Waals surface area contributed by atoms with E-state index < -0.39 is 15.9 Å². The Kier molecular flexibility index (Phi) is 9.64. The van der Waals surface area contributed by atoms with Crippen molar-refractivity contribution < 1.29 is 9.53 Å². The number of carbonyl (C=O) groups is 1. The number of carbonyl (C=O) groups excluding carboxylic acids is 1. The Bertz CT molecular complexity index is 952. The van der Waals surface area contributed by atoms with Crippen molar-refractivity contribution in [3.63, 3.8) is 0 Å². The van der Waals surface area contributed by atoms with Crippen LogP contribution >= 0.6 is 102 Å². The average molecular weight is 659 g/mol. The molecule has 2 aromatic rings. The Labute approximate surface area is 220 Å². The molecule has 0 aromatic heterocycles. The highest BCUT2D eigenvalue weighted by Gasteiger charge is 2.35. The van der Waals surface area contributed by atoms with Crippen molar-refractivity contribution >= 4 is 119 Å². The van der Waals surface area contributed by atoms with E-state index in [0.717, 1.165) is 0 Å². The second-order valence-corrected chi connectivity index (χ2v) is 11.0. The molecule has 0 unspecified atom stereocenters. The van der Waals surface area contributed by atoms with Gasteiger partial charge in [0.1, 0.15) is 11.9 Å². The molecule has 1 atom stereocenters. The smallest absolute Gasteiger partial charge is 0.254 e. The minimum atomic E-state index is -1.94. The molecule has 0 aliphatic rings. The highest BCUT2D eigenvalue weighted by atomic mass is 79.9. The summed E-state index contributed by atoms with van der Waals surface area (Å²) in [5.74, 6) is 0.0413. The average Bonchev–Trinajstić information content (AvgIpc) is 2.63. The van der Waals surface area contributed by atoms with Crippen molar-refractivity contribution in [1.82, 2.24) is 10.6 Å². The third kappa shape index (κ3) is 7.17. The standard InChI is InChI=1S/C17H12Br2Cl5N3O2S/c1-29-8-5-10(18)13(11(19)6-8)25-16(30)27-15(17(22,23)24)26-14(28)9-3-2-7(20)4-12(9)21/h2-6,15H,1H3,(H,26,28)(H2,25,27,30)/t15-/m0/s1. The molecule has 0 aliphatic carbocycles. The first-order valence-electron chi connectivity index (χ1n) is 7.85. The van der Waals surface area contributed by atoms with E-state index in [-0.39, 0.29) is 15.7 Å². The Hall–Kier alpha value is -0.190. The van der Waals surface area contributed by atoms with Crippen LogP contribution in [-0.2, 0) is 0 Å². The fraction of sp³-hybridized carbons (Fsp3) is 0.176. The maximum absolute atomic E-state index is 12.6. The van der Waals surface area contributed by atoms with E-state index in [1.54, 1.807) is 19.2 Å². The van der Waals surface area contributed by atoms with Gasteiger partial charge in [-0.2, -0.15) is 0 Å². The van der Waals surface area contributed by atoms with Crippen LogP contribution in [0, 0.1) is 0 Å². The number of alkyl halides is 3. The number of ether oxygens (including phenoxy) is 1. The van der Waals surface area contributed by atoms with Gasteiger partial charge in [0.2, 0.25) is 3.79 Å². The lowest BCUT2D eigenvalue weighted by Crippen LogP contribution is -2.56. The minimum absolute atomic E-state index is 0.0837. The number of anilines is 1. The van der Waals surface area contributed by atoms with E-state index in [0.29, 0.717) is 25.4 Å². The molecule has 0 radical (unpaired) electrons. The van der Waals surface area contributed by atoms with Crippen molar-refractivity contribution in [1.29, 1.82) is 0 Å². The maximum Gasteiger partial charge on any atom is 0.254 e. The van der Waals surface area contributed by atoms with Crippen LogP contribution in [0.5, 0.6) is 5.75 Å². The van der Waals surface area contributed by atoms with Crippen molar-refractivity contribution in [2.45, 2.75) is 9.96 Å². The Morgan fingerprint density at radius 3 is 2.20 bits per heavy atom. The Morgan fingerprint density at radius 2 is 1.70 bits per heavy atom. The lowest BCUT2D eigenvalue weighted by Gasteiger charge is -2.28. The molecule has 0 spiro atoms. The minimum Gasteiger partial charge on any atom is -0.497 e. The van der Waals surface area contributed by atoms with Crippen LogP contribution in [0.25, 0.3) is 0 Å². The summed E-state index contributed by atoms with van der Waals surface area (Å²) in [5, 5.41) is 8.90. The SMILES string of the molecule is COc1cc(Br)c(NC(=S)N[C@H](NC(=O)c2ccc(Cl)cc2Cl)C(Cl)(Cl)Cl)c(Br)c1. The highest BCUT2D eigenvalue weighted by molar-refractivity contribution is 9.11. The molecule has 0 fully saturated rings. The highest BCUT2D eigenvalue weighted by Crippen LogP contribution is 2.35. The molecule has 13 heteroatoms. The number of nitrogens with one attached hydrogen (secondary N) is 3. The van der Waals surface area contributed by atoms with E-state index >= 15 is 0 Å². The summed E-state index contributed by atoms with van der Waals surface area (Å²) in [6, 6.07) is 7.89. The van der Waals surface area contributed by atoms with Gasteiger partial charge in [-0.3, -0.25) is 4.79 Å². The number of benzene rings is 2. The summed E-state index contributed by atoms with van der Waals surface area (Å²) in [4.78, 5) is 12.6. The molecule has 0 bridgehead atoms. The van der Waals surface area contributed by atoms with E-state index in [2.05, 4.69) is 47.8 Å². The zero-order valence-corrected chi connectivity index (χ0v) is 22.6. The number of rotatable bonds is 5. The summed E-state index contributed by atoms with van der Waals surface area (Å²) < 4.78 is 4.59. The van der Waals surface area contributed by atoms with Gasteiger partial charge in [0.15, 0.2) is 5.11 Å². The van der Waals surface area contributed by atoms with Crippen LogP contribution in [0.15, 0.2) is 39.3 Å². The number of thiocarbonyl (C=S) groups is 1. The third-order valence-electron chi connectivity index (χ3n) is 3.54. The predicted octanol–water partition coefficient (Wildman–Crippen LogP) is 6.94. The van der Waals surface area contributed by atoms with Crippen molar-refractivity contribution in [2.75, 3.05) is 12.4 Å². The molecular weight excluding hydrogens is 647 g/mol. The number of methoxy groups -OCH3 is 1. The zero-order chi connectivity index (χ0) is 22.6.